The van der Waals surface area contributed by atoms with Gasteiger partial charge in [0.05, 0.1) is 25.2 Å². The van der Waals surface area contributed by atoms with Gasteiger partial charge in [0.2, 0.25) is 16.0 Å². The summed E-state index contributed by atoms with van der Waals surface area (Å²) in [7, 11) is -1.91. The summed E-state index contributed by atoms with van der Waals surface area (Å²) in [5, 5.41) is 11.9. The number of anilines is 2. The molecular weight excluding hydrogens is 392 g/mol. The van der Waals surface area contributed by atoms with Crippen molar-refractivity contribution in [2.75, 3.05) is 25.6 Å². The highest BCUT2D eigenvalue weighted by atomic mass is 32.2. The first kappa shape index (κ1) is 20.7. The Morgan fingerprint density at radius 3 is 2.72 bits per heavy atom. The van der Waals surface area contributed by atoms with Crippen molar-refractivity contribution in [1.29, 1.82) is 0 Å². The van der Waals surface area contributed by atoms with Gasteiger partial charge in [0.15, 0.2) is 0 Å². The first-order valence-corrected chi connectivity index (χ1v) is 10.6. The highest BCUT2D eigenvalue weighted by molar-refractivity contribution is 7.88. The molecule has 0 aliphatic carbocycles. The Labute approximate surface area is 169 Å². The molecule has 1 heterocycles. The number of aliphatic hydroxyl groups is 1. The predicted octanol–water partition coefficient (Wildman–Crippen LogP) is 2.31. The topological polar surface area (TPSA) is 113 Å². The van der Waals surface area contributed by atoms with Gasteiger partial charge in [0.1, 0.15) is 5.75 Å². The van der Waals surface area contributed by atoms with Crippen LogP contribution in [-0.4, -0.2) is 43.8 Å². The highest BCUT2D eigenvalue weighted by Crippen LogP contribution is 2.28. The van der Waals surface area contributed by atoms with Gasteiger partial charge in [-0.1, -0.05) is 24.3 Å². The maximum absolute atomic E-state index is 12.0. The Hall–Kier alpha value is -3.01. The Balaban J connectivity index is 1.79. The van der Waals surface area contributed by atoms with Crippen LogP contribution < -0.4 is 14.8 Å². The minimum atomic E-state index is -3.52. The normalized spacial score (nSPS) is 11.2. The third-order valence-corrected chi connectivity index (χ3v) is 5.37. The smallest absolute Gasteiger partial charge is 0.227 e. The van der Waals surface area contributed by atoms with Crippen LogP contribution in [0.25, 0.3) is 11.3 Å². The van der Waals surface area contributed by atoms with E-state index < -0.39 is 10.0 Å². The van der Waals surface area contributed by atoms with E-state index in [1.54, 1.807) is 43.6 Å². The summed E-state index contributed by atoms with van der Waals surface area (Å²) >= 11 is 0. The fourth-order valence-electron chi connectivity index (χ4n) is 2.76. The van der Waals surface area contributed by atoms with Crippen LogP contribution in [-0.2, 0) is 15.8 Å². The number of hydrogen-bond donors (Lipinski definition) is 3. The van der Waals surface area contributed by atoms with Gasteiger partial charge < -0.3 is 15.2 Å². The van der Waals surface area contributed by atoms with Crippen molar-refractivity contribution in [2.45, 2.75) is 5.75 Å². The number of benzene rings is 2. The molecule has 152 valence electrons. The summed E-state index contributed by atoms with van der Waals surface area (Å²) in [4.78, 5) is 8.77. The molecule has 0 aliphatic heterocycles. The molecule has 0 amide bonds. The minimum absolute atomic E-state index is 0.0101. The first-order valence-electron chi connectivity index (χ1n) is 8.91. The standard InChI is InChI=1S/C20H22N4O4S/c1-28-19-8-3-2-7-17(19)18-9-10-21-20(24-18)23-16-6-4-5-15(13-16)14-29(26,27)22-11-12-25/h2-10,13,22,25H,11-12,14H2,1H3,(H,21,23,24). The van der Waals surface area contributed by atoms with E-state index in [1.165, 1.54) is 0 Å². The molecule has 0 bridgehead atoms. The third-order valence-electron chi connectivity index (χ3n) is 4.01. The molecule has 2 aromatic carbocycles. The molecule has 0 saturated carbocycles. The Morgan fingerprint density at radius 2 is 1.93 bits per heavy atom. The molecule has 9 heteroatoms. The summed E-state index contributed by atoms with van der Waals surface area (Å²) in [6.07, 6.45) is 1.64. The minimum Gasteiger partial charge on any atom is -0.496 e. The number of hydrogen-bond acceptors (Lipinski definition) is 7. The maximum atomic E-state index is 12.0. The number of ether oxygens (including phenoxy) is 1. The number of sulfonamides is 1. The Kier molecular flexibility index (Phi) is 6.76. The predicted molar refractivity (Wildman–Crippen MR) is 111 cm³/mol. The van der Waals surface area contributed by atoms with Crippen LogP contribution in [0.3, 0.4) is 0 Å². The van der Waals surface area contributed by atoms with Gasteiger partial charge in [-0.3, -0.25) is 0 Å². The fourth-order valence-corrected chi connectivity index (χ4v) is 3.89. The molecule has 8 nitrogen and oxygen atoms in total. The maximum Gasteiger partial charge on any atom is 0.227 e. The lowest BCUT2D eigenvalue weighted by Gasteiger charge is -2.10. The molecule has 3 rings (SSSR count). The quantitative estimate of drug-likeness (QED) is 0.492. The zero-order valence-electron chi connectivity index (χ0n) is 15.9. The summed E-state index contributed by atoms with van der Waals surface area (Å²) in [6, 6.07) is 16.3. The van der Waals surface area contributed by atoms with Crippen molar-refractivity contribution < 1.29 is 18.3 Å². The van der Waals surface area contributed by atoms with E-state index >= 15 is 0 Å². The molecule has 3 N–H and O–H groups in total. The zero-order valence-corrected chi connectivity index (χ0v) is 16.7. The van der Waals surface area contributed by atoms with Crippen LogP contribution in [0, 0.1) is 0 Å². The number of para-hydroxylation sites is 1. The molecule has 29 heavy (non-hydrogen) atoms. The molecule has 0 spiro atoms. The second-order valence-corrected chi connectivity index (χ2v) is 7.98. The van der Waals surface area contributed by atoms with Gasteiger partial charge in [0.25, 0.3) is 0 Å². The monoisotopic (exact) mass is 414 g/mol. The van der Waals surface area contributed by atoms with E-state index in [9.17, 15) is 8.42 Å². The summed E-state index contributed by atoms with van der Waals surface area (Å²) in [5.41, 5.74) is 2.81. The van der Waals surface area contributed by atoms with Crippen molar-refractivity contribution >= 4 is 21.7 Å². The average molecular weight is 414 g/mol. The van der Waals surface area contributed by atoms with Gasteiger partial charge >= 0.3 is 0 Å². The summed E-state index contributed by atoms with van der Waals surface area (Å²) in [5.74, 6) is 0.900. The SMILES string of the molecule is COc1ccccc1-c1ccnc(Nc2cccc(CS(=O)(=O)NCCO)c2)n1. The summed E-state index contributed by atoms with van der Waals surface area (Å²) < 4.78 is 31.7. The Morgan fingerprint density at radius 1 is 1.10 bits per heavy atom. The lowest BCUT2D eigenvalue weighted by molar-refractivity contribution is 0.301. The first-order chi connectivity index (χ1) is 14.0. The molecule has 1 aromatic heterocycles. The lowest BCUT2D eigenvalue weighted by Crippen LogP contribution is -2.27. The second kappa shape index (κ2) is 9.46. The van der Waals surface area contributed by atoms with Crippen LogP contribution in [0.15, 0.2) is 60.8 Å². The third kappa shape index (κ3) is 5.74. The molecule has 0 fully saturated rings. The molecule has 0 radical (unpaired) electrons. The van der Waals surface area contributed by atoms with Crippen molar-refractivity contribution in [3.63, 3.8) is 0 Å². The number of nitrogens with one attached hydrogen (secondary N) is 2. The molecule has 0 aliphatic rings. The summed E-state index contributed by atoms with van der Waals surface area (Å²) in [6.45, 7) is -0.259. The van der Waals surface area contributed by atoms with E-state index in [0.29, 0.717) is 28.6 Å². The van der Waals surface area contributed by atoms with Crippen molar-refractivity contribution in [3.05, 3.63) is 66.4 Å². The average Bonchev–Trinajstić information content (AvgIpc) is 2.72. The zero-order chi connectivity index (χ0) is 20.7. The van der Waals surface area contributed by atoms with E-state index in [1.807, 2.05) is 24.3 Å². The van der Waals surface area contributed by atoms with Crippen LogP contribution >= 0.6 is 0 Å². The van der Waals surface area contributed by atoms with Gasteiger partial charge in [-0.05, 0) is 35.9 Å². The van der Waals surface area contributed by atoms with E-state index in [0.717, 1.165) is 5.56 Å². The largest absolute Gasteiger partial charge is 0.496 e. The van der Waals surface area contributed by atoms with Gasteiger partial charge in [0, 0.05) is 24.0 Å². The van der Waals surface area contributed by atoms with Crippen LogP contribution in [0.4, 0.5) is 11.6 Å². The number of aromatic nitrogens is 2. The van der Waals surface area contributed by atoms with Crippen molar-refractivity contribution in [2.24, 2.45) is 0 Å². The lowest BCUT2D eigenvalue weighted by atomic mass is 10.1. The van der Waals surface area contributed by atoms with Crippen molar-refractivity contribution in [1.82, 2.24) is 14.7 Å². The highest BCUT2D eigenvalue weighted by Gasteiger charge is 2.12. The molecule has 3 aromatic rings. The van der Waals surface area contributed by atoms with E-state index in [2.05, 4.69) is 20.0 Å². The van der Waals surface area contributed by atoms with Crippen LogP contribution in [0.5, 0.6) is 5.75 Å². The van der Waals surface area contributed by atoms with Gasteiger partial charge in [-0.25, -0.2) is 23.1 Å². The second-order valence-electron chi connectivity index (χ2n) is 6.17. The Bertz CT molecular complexity index is 1070. The molecule has 0 atom stereocenters. The molecular formula is C20H22N4O4S. The van der Waals surface area contributed by atoms with E-state index in [4.69, 9.17) is 9.84 Å². The number of methoxy groups -OCH3 is 1. The number of nitrogens with zero attached hydrogens (tertiary/aromatic N) is 2. The molecule has 0 saturated heterocycles. The number of aliphatic hydroxyl groups excluding tert-OH is 1. The van der Waals surface area contributed by atoms with Gasteiger partial charge in [-0.15, -0.1) is 0 Å². The fraction of sp³-hybridized carbons (Fsp3) is 0.200. The molecule has 0 unspecified atom stereocenters. The van der Waals surface area contributed by atoms with Crippen molar-refractivity contribution in [3.8, 4) is 17.0 Å². The van der Waals surface area contributed by atoms with E-state index in [-0.39, 0.29) is 18.9 Å². The van der Waals surface area contributed by atoms with Crippen LogP contribution in [0.1, 0.15) is 5.56 Å². The van der Waals surface area contributed by atoms with Crippen LogP contribution in [0.2, 0.25) is 0 Å². The van der Waals surface area contributed by atoms with Gasteiger partial charge in [-0.2, -0.15) is 0 Å². The number of rotatable bonds is 9.